The van der Waals surface area contributed by atoms with Crippen molar-refractivity contribution < 1.29 is 4.39 Å². The van der Waals surface area contributed by atoms with Crippen molar-refractivity contribution in [2.24, 2.45) is 5.73 Å². The average molecular weight is 222 g/mol. The van der Waals surface area contributed by atoms with Crippen LogP contribution < -0.4 is 5.73 Å². The van der Waals surface area contributed by atoms with Crippen molar-refractivity contribution in [3.8, 4) is 0 Å². The lowest BCUT2D eigenvalue weighted by molar-refractivity contribution is 0.203. The third-order valence-electron chi connectivity index (χ3n) is 3.23. The summed E-state index contributed by atoms with van der Waals surface area (Å²) in [6, 6.07) is 5.79. The zero-order chi connectivity index (χ0) is 11.5. The molecule has 0 saturated carbocycles. The second-order valence-corrected chi connectivity index (χ2v) is 4.71. The average Bonchev–Trinajstić information content (AvgIpc) is 2.25. The van der Waals surface area contributed by atoms with Crippen molar-refractivity contribution in [2.75, 3.05) is 13.1 Å². The first-order chi connectivity index (χ1) is 7.65. The van der Waals surface area contributed by atoms with Crippen molar-refractivity contribution in [1.29, 1.82) is 0 Å². The van der Waals surface area contributed by atoms with Gasteiger partial charge in [-0.05, 0) is 44.5 Å². The van der Waals surface area contributed by atoms with Gasteiger partial charge < -0.3 is 5.73 Å². The smallest absolute Gasteiger partial charge is 0.127 e. The van der Waals surface area contributed by atoms with Crippen LogP contribution in [-0.4, -0.2) is 24.0 Å². The normalized spacial score (nSPS) is 18.9. The molecule has 0 aliphatic carbocycles. The molecule has 2 nitrogen and oxygen atoms in total. The van der Waals surface area contributed by atoms with Gasteiger partial charge in [0.1, 0.15) is 5.82 Å². The van der Waals surface area contributed by atoms with Crippen LogP contribution in [0.2, 0.25) is 0 Å². The van der Waals surface area contributed by atoms with E-state index in [0.29, 0.717) is 12.6 Å². The van der Waals surface area contributed by atoms with Crippen molar-refractivity contribution >= 4 is 0 Å². The summed E-state index contributed by atoms with van der Waals surface area (Å²) in [5.41, 5.74) is 7.61. The van der Waals surface area contributed by atoms with Gasteiger partial charge in [-0.1, -0.05) is 12.1 Å². The van der Waals surface area contributed by atoms with Gasteiger partial charge in [-0.2, -0.15) is 0 Å². The first-order valence-electron chi connectivity index (χ1n) is 5.88. The number of piperidine rings is 1. The summed E-state index contributed by atoms with van der Waals surface area (Å²) in [6.45, 7) is 4.58. The van der Waals surface area contributed by atoms with Gasteiger partial charge >= 0.3 is 0 Å². The van der Waals surface area contributed by atoms with E-state index < -0.39 is 0 Å². The minimum Gasteiger partial charge on any atom is -0.328 e. The standard InChI is InChI=1S/C13H19FN2/c1-10-2-3-11(13(14)8-10)9-16-6-4-12(15)5-7-16/h2-3,8,12H,4-7,9,15H2,1H3. The fraction of sp³-hybridized carbons (Fsp3) is 0.538. The number of rotatable bonds is 2. The highest BCUT2D eigenvalue weighted by molar-refractivity contribution is 5.23. The van der Waals surface area contributed by atoms with Gasteiger partial charge in [-0.15, -0.1) is 0 Å². The Morgan fingerprint density at radius 2 is 2.06 bits per heavy atom. The Balaban J connectivity index is 1.98. The molecule has 0 unspecified atom stereocenters. The van der Waals surface area contributed by atoms with Crippen molar-refractivity contribution in [3.63, 3.8) is 0 Å². The molecular formula is C13H19FN2. The van der Waals surface area contributed by atoms with E-state index in [1.165, 1.54) is 0 Å². The fourth-order valence-corrected chi connectivity index (χ4v) is 2.13. The zero-order valence-electron chi connectivity index (χ0n) is 9.75. The molecule has 1 saturated heterocycles. The van der Waals surface area contributed by atoms with E-state index >= 15 is 0 Å². The number of likely N-dealkylation sites (tertiary alicyclic amines) is 1. The maximum atomic E-state index is 13.6. The Morgan fingerprint density at radius 3 is 2.69 bits per heavy atom. The molecule has 1 fully saturated rings. The highest BCUT2D eigenvalue weighted by Gasteiger charge is 2.16. The van der Waals surface area contributed by atoms with Crippen molar-refractivity contribution in [1.82, 2.24) is 4.90 Å². The van der Waals surface area contributed by atoms with Gasteiger partial charge in [0.2, 0.25) is 0 Å². The van der Waals surface area contributed by atoms with Crippen LogP contribution in [0.5, 0.6) is 0 Å². The summed E-state index contributed by atoms with van der Waals surface area (Å²) in [4.78, 5) is 2.27. The minimum absolute atomic E-state index is 0.0881. The van der Waals surface area contributed by atoms with E-state index in [1.807, 2.05) is 19.1 Å². The summed E-state index contributed by atoms with van der Waals surface area (Å²) in [6.07, 6.45) is 2.04. The fourth-order valence-electron chi connectivity index (χ4n) is 2.13. The number of nitrogens with zero attached hydrogens (tertiary/aromatic N) is 1. The SMILES string of the molecule is Cc1ccc(CN2CCC(N)CC2)c(F)c1. The minimum atomic E-state index is -0.0881. The summed E-state index contributed by atoms with van der Waals surface area (Å²) in [5.74, 6) is -0.0881. The summed E-state index contributed by atoms with van der Waals surface area (Å²) in [5, 5.41) is 0. The Labute approximate surface area is 96.2 Å². The molecule has 1 aromatic carbocycles. The van der Waals surface area contributed by atoms with Crippen LogP contribution in [0.15, 0.2) is 18.2 Å². The third-order valence-corrected chi connectivity index (χ3v) is 3.23. The van der Waals surface area contributed by atoms with E-state index in [0.717, 1.165) is 37.1 Å². The molecule has 2 N–H and O–H groups in total. The summed E-state index contributed by atoms with van der Waals surface area (Å²) >= 11 is 0. The Morgan fingerprint density at radius 1 is 1.38 bits per heavy atom. The van der Waals surface area contributed by atoms with Gasteiger partial charge in [-0.3, -0.25) is 4.90 Å². The third kappa shape index (κ3) is 2.80. The number of hydrogen-bond acceptors (Lipinski definition) is 2. The van der Waals surface area contributed by atoms with Gasteiger partial charge in [0, 0.05) is 18.2 Å². The molecule has 1 aliphatic heterocycles. The predicted molar refractivity (Wildman–Crippen MR) is 63.6 cm³/mol. The topological polar surface area (TPSA) is 29.3 Å². The number of nitrogens with two attached hydrogens (primary N) is 1. The largest absolute Gasteiger partial charge is 0.328 e. The molecule has 16 heavy (non-hydrogen) atoms. The molecule has 0 atom stereocenters. The molecule has 1 heterocycles. The zero-order valence-corrected chi connectivity index (χ0v) is 9.75. The van der Waals surface area contributed by atoms with Crippen LogP contribution >= 0.6 is 0 Å². The Hall–Kier alpha value is -0.930. The summed E-state index contributed by atoms with van der Waals surface area (Å²) in [7, 11) is 0. The van der Waals surface area contributed by atoms with Crippen molar-refractivity contribution in [3.05, 3.63) is 35.1 Å². The van der Waals surface area contributed by atoms with Gasteiger partial charge in [0.15, 0.2) is 0 Å². The van der Waals surface area contributed by atoms with Gasteiger partial charge in [0.25, 0.3) is 0 Å². The molecule has 0 aromatic heterocycles. The van der Waals surface area contributed by atoms with Crippen LogP contribution in [0.1, 0.15) is 24.0 Å². The van der Waals surface area contributed by atoms with Crippen LogP contribution in [0.25, 0.3) is 0 Å². The summed E-state index contributed by atoms with van der Waals surface area (Å²) < 4.78 is 13.6. The van der Waals surface area contributed by atoms with Crippen LogP contribution in [-0.2, 0) is 6.54 Å². The van der Waals surface area contributed by atoms with E-state index in [9.17, 15) is 4.39 Å². The number of halogens is 1. The number of aryl methyl sites for hydroxylation is 1. The maximum absolute atomic E-state index is 13.6. The quantitative estimate of drug-likeness (QED) is 0.830. The predicted octanol–water partition coefficient (Wildman–Crippen LogP) is 2.06. The lowest BCUT2D eigenvalue weighted by Crippen LogP contribution is -2.39. The lowest BCUT2D eigenvalue weighted by Gasteiger charge is -2.30. The molecule has 0 radical (unpaired) electrons. The van der Waals surface area contributed by atoms with Crippen LogP contribution in [0.4, 0.5) is 4.39 Å². The second-order valence-electron chi connectivity index (χ2n) is 4.71. The Bertz CT molecular complexity index is 357. The second kappa shape index (κ2) is 4.93. The van der Waals surface area contributed by atoms with Crippen LogP contribution in [0, 0.1) is 12.7 Å². The first kappa shape index (κ1) is 11.6. The first-order valence-corrected chi connectivity index (χ1v) is 5.88. The molecule has 0 spiro atoms. The lowest BCUT2D eigenvalue weighted by atomic mass is 10.0. The van der Waals surface area contributed by atoms with E-state index in [-0.39, 0.29) is 5.82 Å². The highest BCUT2D eigenvalue weighted by atomic mass is 19.1. The molecule has 88 valence electrons. The molecule has 0 amide bonds. The molecule has 1 aliphatic rings. The van der Waals surface area contributed by atoms with E-state index in [2.05, 4.69) is 4.90 Å². The molecule has 0 bridgehead atoms. The molecule has 3 heteroatoms. The van der Waals surface area contributed by atoms with Crippen molar-refractivity contribution in [2.45, 2.75) is 32.4 Å². The molecule has 2 rings (SSSR count). The van der Waals surface area contributed by atoms with Crippen LogP contribution in [0.3, 0.4) is 0 Å². The van der Waals surface area contributed by atoms with Gasteiger partial charge in [0.05, 0.1) is 0 Å². The number of benzene rings is 1. The van der Waals surface area contributed by atoms with E-state index in [4.69, 9.17) is 5.73 Å². The van der Waals surface area contributed by atoms with E-state index in [1.54, 1.807) is 6.07 Å². The van der Waals surface area contributed by atoms with Gasteiger partial charge in [-0.25, -0.2) is 4.39 Å². The molecular weight excluding hydrogens is 203 g/mol. The molecule has 1 aromatic rings. The number of hydrogen-bond donors (Lipinski definition) is 1. The monoisotopic (exact) mass is 222 g/mol. The highest BCUT2D eigenvalue weighted by Crippen LogP contribution is 2.15. The maximum Gasteiger partial charge on any atom is 0.127 e. The Kier molecular flexibility index (Phi) is 3.56.